The Morgan fingerprint density at radius 2 is 2.05 bits per heavy atom. The first kappa shape index (κ1) is 15.0. The van der Waals surface area contributed by atoms with Crippen molar-refractivity contribution >= 4 is 17.5 Å². The van der Waals surface area contributed by atoms with Crippen molar-refractivity contribution in [3.8, 4) is 0 Å². The van der Waals surface area contributed by atoms with Crippen molar-refractivity contribution < 1.29 is 9.59 Å². The van der Waals surface area contributed by atoms with Crippen LogP contribution in [0.4, 0.5) is 5.69 Å². The van der Waals surface area contributed by atoms with E-state index < -0.39 is 0 Å². The monoisotopic (exact) mass is 301 g/mol. The fraction of sp³-hybridized carbons (Fsp3) is 0.529. The van der Waals surface area contributed by atoms with Crippen molar-refractivity contribution in [2.45, 2.75) is 32.6 Å². The number of rotatable bonds is 3. The molecule has 0 saturated carbocycles. The molecule has 2 aliphatic heterocycles. The van der Waals surface area contributed by atoms with E-state index >= 15 is 0 Å². The Morgan fingerprint density at radius 3 is 2.82 bits per heavy atom. The largest absolute Gasteiger partial charge is 0.351 e. The summed E-state index contributed by atoms with van der Waals surface area (Å²) in [6.45, 7) is 4.98. The summed E-state index contributed by atoms with van der Waals surface area (Å²) in [6.07, 6.45) is 3.36. The number of amides is 2. The van der Waals surface area contributed by atoms with Crippen molar-refractivity contribution in [3.05, 3.63) is 29.3 Å². The Morgan fingerprint density at radius 1 is 1.27 bits per heavy atom. The van der Waals surface area contributed by atoms with Crippen LogP contribution in [0, 0.1) is 5.41 Å². The zero-order valence-corrected chi connectivity index (χ0v) is 13.0. The fourth-order valence-electron chi connectivity index (χ4n) is 3.13. The van der Waals surface area contributed by atoms with Gasteiger partial charge in [0.1, 0.15) is 0 Å². The maximum absolute atomic E-state index is 12.4. The molecule has 3 N–H and O–H groups in total. The normalized spacial score (nSPS) is 20.0. The van der Waals surface area contributed by atoms with Gasteiger partial charge in [-0.3, -0.25) is 9.59 Å². The average Bonchev–Trinajstić information content (AvgIpc) is 2.53. The molecule has 0 aromatic heterocycles. The maximum Gasteiger partial charge on any atom is 0.251 e. The number of piperidine rings is 1. The summed E-state index contributed by atoms with van der Waals surface area (Å²) in [6, 6.07) is 5.51. The van der Waals surface area contributed by atoms with Crippen molar-refractivity contribution in [2.24, 2.45) is 5.41 Å². The van der Waals surface area contributed by atoms with E-state index in [1.165, 1.54) is 0 Å². The molecule has 1 aromatic carbocycles. The third-order valence-electron chi connectivity index (χ3n) is 4.75. The minimum Gasteiger partial charge on any atom is -0.351 e. The Balaban J connectivity index is 1.64. The summed E-state index contributed by atoms with van der Waals surface area (Å²) >= 11 is 0. The van der Waals surface area contributed by atoms with Gasteiger partial charge in [-0.15, -0.1) is 0 Å². The molecule has 0 aliphatic carbocycles. The molecule has 2 amide bonds. The first-order valence-corrected chi connectivity index (χ1v) is 7.97. The third-order valence-corrected chi connectivity index (χ3v) is 4.75. The number of nitrogens with one attached hydrogen (secondary N) is 3. The maximum atomic E-state index is 12.4. The van der Waals surface area contributed by atoms with Gasteiger partial charge in [0, 0.05) is 24.2 Å². The number of hydrogen-bond acceptors (Lipinski definition) is 3. The summed E-state index contributed by atoms with van der Waals surface area (Å²) in [4.78, 5) is 23.7. The molecular weight excluding hydrogens is 278 g/mol. The second-order valence-electron chi connectivity index (χ2n) is 6.66. The van der Waals surface area contributed by atoms with E-state index in [1.54, 1.807) is 6.07 Å². The second kappa shape index (κ2) is 6.08. The van der Waals surface area contributed by atoms with Gasteiger partial charge in [-0.1, -0.05) is 6.92 Å². The number of benzene rings is 1. The van der Waals surface area contributed by atoms with Crippen molar-refractivity contribution in [1.82, 2.24) is 10.6 Å². The lowest BCUT2D eigenvalue weighted by Gasteiger charge is -2.34. The van der Waals surface area contributed by atoms with Crippen LogP contribution in [-0.2, 0) is 11.2 Å². The predicted octanol–water partition coefficient (Wildman–Crippen LogP) is 1.69. The van der Waals surface area contributed by atoms with Gasteiger partial charge in [-0.25, -0.2) is 0 Å². The highest BCUT2D eigenvalue weighted by Crippen LogP contribution is 2.27. The Bertz CT molecular complexity index is 592. The fourth-order valence-corrected chi connectivity index (χ4v) is 3.13. The minimum absolute atomic E-state index is 0.0283. The van der Waals surface area contributed by atoms with Gasteiger partial charge in [0.05, 0.1) is 0 Å². The van der Waals surface area contributed by atoms with Crippen molar-refractivity contribution in [1.29, 1.82) is 0 Å². The van der Waals surface area contributed by atoms with Crippen LogP contribution in [0.25, 0.3) is 0 Å². The Kier molecular flexibility index (Phi) is 4.16. The Labute approximate surface area is 130 Å². The van der Waals surface area contributed by atoms with Crippen LogP contribution < -0.4 is 16.0 Å². The van der Waals surface area contributed by atoms with Gasteiger partial charge >= 0.3 is 0 Å². The van der Waals surface area contributed by atoms with Crippen LogP contribution in [0.2, 0.25) is 0 Å². The molecule has 1 fully saturated rings. The molecule has 1 aromatic rings. The number of aryl methyl sites for hydroxylation is 1. The number of fused-ring (bicyclic) bond motifs is 1. The quantitative estimate of drug-likeness (QED) is 0.795. The summed E-state index contributed by atoms with van der Waals surface area (Å²) in [5, 5.41) is 9.26. The van der Waals surface area contributed by atoms with E-state index in [0.717, 1.165) is 37.2 Å². The van der Waals surface area contributed by atoms with Crippen LogP contribution >= 0.6 is 0 Å². The van der Waals surface area contributed by atoms with E-state index in [9.17, 15) is 9.59 Å². The lowest BCUT2D eigenvalue weighted by molar-refractivity contribution is -0.116. The molecule has 5 heteroatoms. The van der Waals surface area contributed by atoms with Crippen LogP contribution in [0.3, 0.4) is 0 Å². The summed E-state index contributed by atoms with van der Waals surface area (Å²) in [5.41, 5.74) is 2.73. The SMILES string of the molecule is CC1(CNC(=O)c2ccc3c(c2)CCC(=O)N3)CCNCC1. The Hall–Kier alpha value is -1.88. The number of carbonyl (C=O) groups excluding carboxylic acids is 2. The van der Waals surface area contributed by atoms with Crippen LogP contribution in [0.15, 0.2) is 18.2 Å². The highest BCUT2D eigenvalue weighted by molar-refractivity contribution is 5.97. The standard InChI is InChI=1S/C17H23N3O2/c1-17(6-8-18-9-7-17)11-19-16(22)13-2-4-14-12(10-13)3-5-15(21)20-14/h2,4,10,18H,3,5-9,11H2,1H3,(H,19,22)(H,20,21). The molecule has 118 valence electrons. The summed E-state index contributed by atoms with van der Waals surface area (Å²) < 4.78 is 0. The minimum atomic E-state index is -0.0283. The second-order valence-corrected chi connectivity index (χ2v) is 6.66. The molecule has 3 rings (SSSR count). The summed E-state index contributed by atoms with van der Waals surface area (Å²) in [7, 11) is 0. The van der Waals surface area contributed by atoms with Crippen LogP contribution in [-0.4, -0.2) is 31.4 Å². The molecular formula is C17H23N3O2. The van der Waals surface area contributed by atoms with Gasteiger partial charge in [0.15, 0.2) is 0 Å². The molecule has 0 atom stereocenters. The van der Waals surface area contributed by atoms with E-state index in [4.69, 9.17) is 0 Å². The zero-order valence-electron chi connectivity index (χ0n) is 13.0. The molecule has 0 radical (unpaired) electrons. The molecule has 22 heavy (non-hydrogen) atoms. The number of hydrogen-bond donors (Lipinski definition) is 3. The van der Waals surface area contributed by atoms with E-state index in [0.29, 0.717) is 24.9 Å². The molecule has 0 bridgehead atoms. The summed E-state index contributed by atoms with van der Waals surface area (Å²) in [5.74, 6) is 0.0167. The van der Waals surface area contributed by atoms with Gasteiger partial charge in [0.25, 0.3) is 5.91 Å². The lowest BCUT2D eigenvalue weighted by atomic mass is 9.81. The zero-order chi connectivity index (χ0) is 15.6. The van der Waals surface area contributed by atoms with Gasteiger partial charge in [0.2, 0.25) is 5.91 Å². The number of carbonyl (C=O) groups is 2. The van der Waals surface area contributed by atoms with Crippen LogP contribution in [0.1, 0.15) is 42.1 Å². The third kappa shape index (κ3) is 3.30. The van der Waals surface area contributed by atoms with Crippen molar-refractivity contribution in [2.75, 3.05) is 25.0 Å². The first-order valence-electron chi connectivity index (χ1n) is 7.97. The van der Waals surface area contributed by atoms with Gasteiger partial charge in [-0.05, 0) is 61.5 Å². The predicted molar refractivity (Wildman–Crippen MR) is 85.9 cm³/mol. The molecule has 5 nitrogen and oxygen atoms in total. The molecule has 0 spiro atoms. The lowest BCUT2D eigenvalue weighted by Crippen LogP contribution is -2.42. The topological polar surface area (TPSA) is 70.2 Å². The van der Waals surface area contributed by atoms with Gasteiger partial charge in [-0.2, -0.15) is 0 Å². The molecule has 1 saturated heterocycles. The van der Waals surface area contributed by atoms with E-state index in [-0.39, 0.29) is 17.2 Å². The van der Waals surface area contributed by atoms with Crippen molar-refractivity contribution in [3.63, 3.8) is 0 Å². The molecule has 2 aliphatic rings. The molecule has 2 heterocycles. The van der Waals surface area contributed by atoms with Crippen LogP contribution in [0.5, 0.6) is 0 Å². The van der Waals surface area contributed by atoms with E-state index in [2.05, 4.69) is 22.9 Å². The smallest absolute Gasteiger partial charge is 0.251 e. The molecule has 0 unspecified atom stereocenters. The average molecular weight is 301 g/mol. The first-order chi connectivity index (χ1) is 10.6. The van der Waals surface area contributed by atoms with Gasteiger partial charge < -0.3 is 16.0 Å². The highest BCUT2D eigenvalue weighted by atomic mass is 16.2. The number of anilines is 1. The highest BCUT2D eigenvalue weighted by Gasteiger charge is 2.27. The van der Waals surface area contributed by atoms with E-state index in [1.807, 2.05) is 12.1 Å².